The Labute approximate surface area is 166 Å². The second-order valence-corrected chi connectivity index (χ2v) is 6.76. The van der Waals surface area contributed by atoms with E-state index in [1.54, 1.807) is 0 Å². The van der Waals surface area contributed by atoms with Crippen molar-refractivity contribution in [1.29, 1.82) is 0 Å². The number of rotatable bonds is 8. The van der Waals surface area contributed by atoms with Gasteiger partial charge in [-0.1, -0.05) is 43.3 Å². The summed E-state index contributed by atoms with van der Waals surface area (Å²) in [5.41, 5.74) is 2.00. The molecule has 148 valence electrons. The fourth-order valence-corrected chi connectivity index (χ4v) is 3.29. The van der Waals surface area contributed by atoms with Gasteiger partial charge in [-0.05, 0) is 31.2 Å². The van der Waals surface area contributed by atoms with Gasteiger partial charge in [0.15, 0.2) is 11.7 Å². The molecule has 0 bridgehead atoms. The van der Waals surface area contributed by atoms with E-state index >= 15 is 0 Å². The van der Waals surface area contributed by atoms with Gasteiger partial charge in [-0.25, -0.2) is 4.99 Å². The van der Waals surface area contributed by atoms with E-state index in [9.17, 15) is 0 Å². The molecule has 6 heteroatoms. The van der Waals surface area contributed by atoms with E-state index in [1.165, 1.54) is 5.39 Å². The van der Waals surface area contributed by atoms with E-state index in [2.05, 4.69) is 46.8 Å². The molecule has 28 heavy (non-hydrogen) atoms. The first-order valence-electron chi connectivity index (χ1n) is 10.0. The van der Waals surface area contributed by atoms with E-state index in [0.29, 0.717) is 19.0 Å². The molecule has 0 amide bonds. The Morgan fingerprint density at radius 1 is 1.11 bits per heavy atom. The summed E-state index contributed by atoms with van der Waals surface area (Å²) in [5.74, 6) is 2.00. The van der Waals surface area contributed by atoms with E-state index in [4.69, 9.17) is 9.52 Å². The quantitative estimate of drug-likeness (QED) is 0.449. The summed E-state index contributed by atoms with van der Waals surface area (Å²) in [6, 6.07) is 12.3. The lowest BCUT2D eigenvalue weighted by atomic mass is 9.99. The summed E-state index contributed by atoms with van der Waals surface area (Å²) in [5, 5.41) is 13.1. The number of nitrogens with zero attached hydrogens (tertiary/aromatic N) is 3. The van der Waals surface area contributed by atoms with Crippen LogP contribution in [0.4, 0.5) is 0 Å². The summed E-state index contributed by atoms with van der Waals surface area (Å²) in [6.45, 7) is 8.24. The van der Waals surface area contributed by atoms with Gasteiger partial charge >= 0.3 is 0 Å². The van der Waals surface area contributed by atoms with Crippen molar-refractivity contribution in [3.8, 4) is 0 Å². The van der Waals surface area contributed by atoms with Crippen molar-refractivity contribution >= 4 is 16.7 Å². The maximum absolute atomic E-state index is 5.49. The predicted molar refractivity (Wildman–Crippen MR) is 113 cm³/mol. The van der Waals surface area contributed by atoms with E-state index in [0.717, 1.165) is 47.9 Å². The van der Waals surface area contributed by atoms with Gasteiger partial charge in [-0.3, -0.25) is 4.98 Å². The fraction of sp³-hybridized carbons (Fsp3) is 0.409. The van der Waals surface area contributed by atoms with Crippen LogP contribution in [0.15, 0.2) is 52.1 Å². The molecular formula is C22H29N5O. The molecule has 0 fully saturated rings. The molecule has 2 heterocycles. The maximum Gasteiger partial charge on any atom is 0.192 e. The minimum Gasteiger partial charge on any atom is -0.359 e. The van der Waals surface area contributed by atoms with E-state index in [1.807, 2.05) is 37.4 Å². The molecule has 3 aromatic rings. The molecule has 2 N–H and O–H groups in total. The molecule has 0 unspecified atom stereocenters. The lowest BCUT2D eigenvalue weighted by molar-refractivity contribution is 0.368. The average Bonchev–Trinajstić information content (AvgIpc) is 3.20. The Bertz CT molecular complexity index is 909. The van der Waals surface area contributed by atoms with Crippen LogP contribution in [0.25, 0.3) is 10.8 Å². The molecule has 0 atom stereocenters. The fourth-order valence-electron chi connectivity index (χ4n) is 3.29. The zero-order valence-electron chi connectivity index (χ0n) is 16.9. The molecule has 1 aromatic carbocycles. The summed E-state index contributed by atoms with van der Waals surface area (Å²) in [6.07, 6.45) is 3.97. The standard InChI is InChI=1S/C22H29N5O/c1-4-16(5-2)20-13-18(28-27-20)14-25-22(23-6-3)26-15-21-19-10-8-7-9-17(19)11-12-24-21/h7-13,16H,4-6,14-15H2,1-3H3,(H2,23,25,26). The van der Waals surface area contributed by atoms with Gasteiger partial charge in [0.25, 0.3) is 0 Å². The molecular weight excluding hydrogens is 350 g/mol. The molecule has 2 aromatic heterocycles. The first-order chi connectivity index (χ1) is 13.7. The van der Waals surface area contributed by atoms with Crippen molar-refractivity contribution in [3.63, 3.8) is 0 Å². The number of hydrogen-bond donors (Lipinski definition) is 2. The Morgan fingerprint density at radius 3 is 2.71 bits per heavy atom. The van der Waals surface area contributed by atoms with Gasteiger partial charge in [-0.15, -0.1) is 0 Å². The molecule has 0 spiro atoms. The number of fused-ring (bicyclic) bond motifs is 1. The molecule has 0 aliphatic carbocycles. The van der Waals surface area contributed by atoms with Crippen LogP contribution in [0, 0.1) is 0 Å². The predicted octanol–water partition coefficient (Wildman–Crippen LogP) is 4.38. The molecule has 0 radical (unpaired) electrons. The van der Waals surface area contributed by atoms with Crippen LogP contribution >= 0.6 is 0 Å². The zero-order valence-corrected chi connectivity index (χ0v) is 16.9. The first-order valence-corrected chi connectivity index (χ1v) is 10.0. The highest BCUT2D eigenvalue weighted by molar-refractivity contribution is 5.85. The Hall–Kier alpha value is -2.89. The van der Waals surface area contributed by atoms with Crippen LogP contribution in [-0.2, 0) is 13.1 Å². The van der Waals surface area contributed by atoms with Crippen molar-refractivity contribution in [1.82, 2.24) is 20.8 Å². The number of nitrogens with one attached hydrogen (secondary N) is 2. The van der Waals surface area contributed by atoms with E-state index in [-0.39, 0.29) is 0 Å². The van der Waals surface area contributed by atoms with Crippen LogP contribution in [0.5, 0.6) is 0 Å². The van der Waals surface area contributed by atoms with Gasteiger partial charge < -0.3 is 15.2 Å². The molecule has 0 saturated heterocycles. The third kappa shape index (κ3) is 4.88. The highest BCUT2D eigenvalue weighted by atomic mass is 16.5. The van der Waals surface area contributed by atoms with Crippen molar-refractivity contribution < 1.29 is 4.52 Å². The number of aromatic nitrogens is 2. The van der Waals surface area contributed by atoms with Crippen molar-refractivity contribution in [2.24, 2.45) is 4.99 Å². The molecule has 0 saturated carbocycles. The minimum absolute atomic E-state index is 0.455. The van der Waals surface area contributed by atoms with E-state index < -0.39 is 0 Å². The molecule has 3 rings (SSSR count). The van der Waals surface area contributed by atoms with Crippen molar-refractivity contribution in [3.05, 3.63) is 59.7 Å². The molecule has 0 aliphatic heterocycles. The number of aliphatic imine (C=N–C) groups is 1. The van der Waals surface area contributed by atoms with Gasteiger partial charge in [0.05, 0.1) is 24.5 Å². The zero-order chi connectivity index (χ0) is 19.8. The largest absolute Gasteiger partial charge is 0.359 e. The van der Waals surface area contributed by atoms with Crippen LogP contribution < -0.4 is 10.6 Å². The van der Waals surface area contributed by atoms with Crippen molar-refractivity contribution in [2.75, 3.05) is 6.54 Å². The second kappa shape index (κ2) is 9.88. The Kier molecular flexibility index (Phi) is 7.00. The van der Waals surface area contributed by atoms with Crippen LogP contribution in [-0.4, -0.2) is 22.6 Å². The topological polar surface area (TPSA) is 75.3 Å². The van der Waals surface area contributed by atoms with Gasteiger partial charge in [-0.2, -0.15) is 0 Å². The normalized spacial score (nSPS) is 11.9. The third-order valence-corrected chi connectivity index (χ3v) is 4.90. The van der Waals surface area contributed by atoms with Gasteiger partial charge in [0.2, 0.25) is 0 Å². The Balaban J connectivity index is 1.68. The van der Waals surface area contributed by atoms with Gasteiger partial charge in [0.1, 0.15) is 0 Å². The first kappa shape index (κ1) is 19.9. The van der Waals surface area contributed by atoms with Crippen LogP contribution in [0.3, 0.4) is 0 Å². The Morgan fingerprint density at radius 2 is 1.93 bits per heavy atom. The number of pyridine rings is 1. The lowest BCUT2D eigenvalue weighted by Gasteiger charge is -2.10. The summed E-state index contributed by atoms with van der Waals surface area (Å²) in [4.78, 5) is 9.20. The van der Waals surface area contributed by atoms with Crippen molar-refractivity contribution in [2.45, 2.75) is 52.6 Å². The smallest absolute Gasteiger partial charge is 0.192 e. The maximum atomic E-state index is 5.49. The SMILES string of the molecule is CCNC(=NCc1nccc2ccccc12)NCc1cc(C(CC)CC)no1. The van der Waals surface area contributed by atoms with Gasteiger partial charge in [0, 0.05) is 30.1 Å². The minimum atomic E-state index is 0.455. The molecule has 6 nitrogen and oxygen atoms in total. The number of benzene rings is 1. The second-order valence-electron chi connectivity index (χ2n) is 6.76. The summed E-state index contributed by atoms with van der Waals surface area (Å²) in [7, 11) is 0. The highest BCUT2D eigenvalue weighted by Crippen LogP contribution is 2.22. The van der Waals surface area contributed by atoms with Crippen LogP contribution in [0.1, 0.15) is 56.7 Å². The summed E-state index contributed by atoms with van der Waals surface area (Å²) >= 11 is 0. The average molecular weight is 380 g/mol. The number of hydrogen-bond acceptors (Lipinski definition) is 4. The third-order valence-electron chi connectivity index (χ3n) is 4.90. The lowest BCUT2D eigenvalue weighted by Crippen LogP contribution is -2.36. The van der Waals surface area contributed by atoms with Crippen LogP contribution in [0.2, 0.25) is 0 Å². The summed E-state index contributed by atoms with van der Waals surface area (Å²) < 4.78 is 5.49. The highest BCUT2D eigenvalue weighted by Gasteiger charge is 2.13. The molecule has 0 aliphatic rings. The monoisotopic (exact) mass is 379 g/mol. The number of guanidine groups is 1.